The predicted molar refractivity (Wildman–Crippen MR) is 152 cm³/mol. The van der Waals surface area contributed by atoms with Crippen molar-refractivity contribution in [3.8, 4) is 0 Å². The zero-order valence-electron chi connectivity index (χ0n) is 22.4. The largest absolute Gasteiger partial charge is 0.354 e. The van der Waals surface area contributed by atoms with Crippen LogP contribution in [0.25, 0.3) is 0 Å². The number of halogens is 2. The third-order valence-electron chi connectivity index (χ3n) is 6.34. The van der Waals surface area contributed by atoms with E-state index in [9.17, 15) is 22.4 Å². The van der Waals surface area contributed by atoms with Crippen LogP contribution in [-0.4, -0.2) is 44.3 Å². The summed E-state index contributed by atoms with van der Waals surface area (Å²) in [5.74, 6) is -1.63. The third-order valence-corrected chi connectivity index (χ3v) is 8.35. The summed E-state index contributed by atoms with van der Waals surface area (Å²) in [5, 5.41) is 3.05. The molecule has 0 saturated heterocycles. The normalized spacial score (nSPS) is 12.1. The molecule has 0 aliphatic carbocycles. The van der Waals surface area contributed by atoms with Gasteiger partial charge in [-0.05, 0) is 63.1 Å². The Morgan fingerprint density at radius 3 is 2.33 bits per heavy atom. The first-order valence-corrected chi connectivity index (χ1v) is 14.4. The molecule has 0 unspecified atom stereocenters. The van der Waals surface area contributed by atoms with Crippen molar-refractivity contribution in [3.05, 3.63) is 94.3 Å². The second-order valence-corrected chi connectivity index (χ2v) is 11.6. The van der Waals surface area contributed by atoms with E-state index in [0.717, 1.165) is 9.87 Å². The van der Waals surface area contributed by atoms with Crippen molar-refractivity contribution >= 4 is 39.1 Å². The summed E-state index contributed by atoms with van der Waals surface area (Å²) in [6, 6.07) is 16.0. The molecule has 7 nitrogen and oxygen atoms in total. The Morgan fingerprint density at radius 2 is 1.69 bits per heavy atom. The number of amides is 2. The van der Waals surface area contributed by atoms with Gasteiger partial charge in [-0.3, -0.25) is 13.9 Å². The average molecular weight is 574 g/mol. The monoisotopic (exact) mass is 573 g/mol. The number of nitrogens with one attached hydrogen (secondary N) is 1. The van der Waals surface area contributed by atoms with Crippen molar-refractivity contribution in [2.45, 2.75) is 51.6 Å². The highest BCUT2D eigenvalue weighted by molar-refractivity contribution is 7.92. The molecular weight excluding hydrogens is 541 g/mol. The molecule has 0 saturated carbocycles. The van der Waals surface area contributed by atoms with Gasteiger partial charge in [-0.25, -0.2) is 12.8 Å². The van der Waals surface area contributed by atoms with Crippen molar-refractivity contribution in [3.63, 3.8) is 0 Å². The fourth-order valence-corrected chi connectivity index (χ4v) is 5.63. The number of carbonyl (C=O) groups excluding carboxylic acids is 2. The number of benzene rings is 3. The Bertz CT molecular complexity index is 1430. The standard InChI is InChI=1S/C29H33ClFN3O4S/c1-5-16-32-29(36)22(4)33(18-23-8-6-7-9-26(23)31)28(35)19-34(27-17-24(30)13-12-21(27)3)39(37,38)25-14-10-20(2)11-15-25/h6-15,17,22H,5,16,18-19H2,1-4H3,(H,32,36)/t22-/m0/s1. The van der Waals surface area contributed by atoms with Gasteiger partial charge in [-0.2, -0.15) is 0 Å². The highest BCUT2D eigenvalue weighted by Gasteiger charge is 2.33. The predicted octanol–water partition coefficient (Wildman–Crippen LogP) is 5.23. The molecule has 10 heteroatoms. The van der Waals surface area contributed by atoms with E-state index in [-0.39, 0.29) is 22.7 Å². The average Bonchev–Trinajstić information content (AvgIpc) is 2.91. The first-order valence-electron chi connectivity index (χ1n) is 12.6. The number of hydrogen-bond donors (Lipinski definition) is 1. The second kappa shape index (κ2) is 13.1. The van der Waals surface area contributed by atoms with Gasteiger partial charge >= 0.3 is 0 Å². The maximum atomic E-state index is 14.6. The van der Waals surface area contributed by atoms with Crippen molar-refractivity contribution in [1.29, 1.82) is 0 Å². The molecule has 0 aromatic heterocycles. The van der Waals surface area contributed by atoms with Gasteiger partial charge in [0.25, 0.3) is 10.0 Å². The van der Waals surface area contributed by atoms with E-state index in [1.807, 2.05) is 13.8 Å². The van der Waals surface area contributed by atoms with Crippen molar-refractivity contribution < 1.29 is 22.4 Å². The van der Waals surface area contributed by atoms with Crippen molar-refractivity contribution in [1.82, 2.24) is 10.2 Å². The molecule has 1 atom stereocenters. The van der Waals surface area contributed by atoms with E-state index < -0.39 is 40.2 Å². The molecule has 0 aliphatic heterocycles. The lowest BCUT2D eigenvalue weighted by molar-refractivity contribution is -0.139. The van der Waals surface area contributed by atoms with Crippen LogP contribution in [0.3, 0.4) is 0 Å². The lowest BCUT2D eigenvalue weighted by Gasteiger charge is -2.32. The smallest absolute Gasteiger partial charge is 0.264 e. The minimum Gasteiger partial charge on any atom is -0.354 e. The molecule has 1 N–H and O–H groups in total. The van der Waals surface area contributed by atoms with Crippen LogP contribution in [0.2, 0.25) is 5.02 Å². The molecular formula is C29H33ClFN3O4S. The highest BCUT2D eigenvalue weighted by Crippen LogP contribution is 2.30. The van der Waals surface area contributed by atoms with E-state index in [4.69, 9.17) is 11.6 Å². The molecule has 3 rings (SSSR count). The summed E-state index contributed by atoms with van der Waals surface area (Å²) in [6.45, 7) is 6.54. The van der Waals surface area contributed by atoms with Crippen molar-refractivity contribution in [2.24, 2.45) is 0 Å². The fraction of sp³-hybridized carbons (Fsp3) is 0.310. The molecule has 3 aromatic carbocycles. The Morgan fingerprint density at radius 1 is 1.03 bits per heavy atom. The fourth-order valence-electron chi connectivity index (χ4n) is 3.99. The van der Waals surface area contributed by atoms with Crippen LogP contribution in [-0.2, 0) is 26.2 Å². The van der Waals surface area contributed by atoms with Crippen LogP contribution in [0.5, 0.6) is 0 Å². The maximum absolute atomic E-state index is 14.6. The van der Waals surface area contributed by atoms with Gasteiger partial charge in [0, 0.05) is 23.7 Å². The number of hydrogen-bond acceptors (Lipinski definition) is 4. The van der Waals surface area contributed by atoms with E-state index >= 15 is 0 Å². The Balaban J connectivity index is 2.07. The molecule has 0 bridgehead atoms. The van der Waals surface area contributed by atoms with E-state index in [1.54, 1.807) is 37.3 Å². The van der Waals surface area contributed by atoms with Gasteiger partial charge < -0.3 is 10.2 Å². The summed E-state index contributed by atoms with van der Waals surface area (Å²) in [7, 11) is -4.23. The molecule has 39 heavy (non-hydrogen) atoms. The highest BCUT2D eigenvalue weighted by atomic mass is 35.5. The summed E-state index contributed by atoms with van der Waals surface area (Å²) in [5.41, 5.74) is 1.88. The Labute approximate surface area is 234 Å². The van der Waals surface area contributed by atoms with Crippen molar-refractivity contribution in [2.75, 3.05) is 17.4 Å². The van der Waals surface area contributed by atoms with Crippen LogP contribution in [0.15, 0.2) is 71.6 Å². The molecule has 208 valence electrons. The number of aryl methyl sites for hydroxylation is 2. The molecule has 0 spiro atoms. The second-order valence-electron chi connectivity index (χ2n) is 9.34. The minimum atomic E-state index is -4.23. The molecule has 2 amide bonds. The van der Waals surface area contributed by atoms with Gasteiger partial charge in [0.15, 0.2) is 0 Å². The van der Waals surface area contributed by atoms with Gasteiger partial charge in [0.1, 0.15) is 18.4 Å². The number of carbonyl (C=O) groups is 2. The number of anilines is 1. The molecule has 0 heterocycles. The summed E-state index contributed by atoms with van der Waals surface area (Å²) in [6.07, 6.45) is 0.691. The van der Waals surface area contributed by atoms with Gasteiger partial charge in [0.2, 0.25) is 11.8 Å². The van der Waals surface area contributed by atoms with Crippen LogP contribution in [0.1, 0.15) is 37.0 Å². The SMILES string of the molecule is CCCNC(=O)[C@H](C)N(Cc1ccccc1F)C(=O)CN(c1cc(Cl)ccc1C)S(=O)(=O)c1ccc(C)cc1. The van der Waals surface area contributed by atoms with Crippen LogP contribution in [0, 0.1) is 19.7 Å². The minimum absolute atomic E-state index is 0.00494. The van der Waals surface area contributed by atoms with E-state index in [2.05, 4.69) is 5.32 Å². The third kappa shape index (κ3) is 7.36. The molecule has 0 radical (unpaired) electrons. The zero-order valence-corrected chi connectivity index (χ0v) is 24.0. The Kier molecular flexibility index (Phi) is 10.1. The zero-order chi connectivity index (χ0) is 28.7. The first-order chi connectivity index (χ1) is 18.4. The quantitative estimate of drug-likeness (QED) is 0.340. The summed E-state index contributed by atoms with van der Waals surface area (Å²) < 4.78 is 43.4. The van der Waals surface area contributed by atoms with Crippen LogP contribution in [0.4, 0.5) is 10.1 Å². The number of sulfonamides is 1. The van der Waals surface area contributed by atoms with E-state index in [1.165, 1.54) is 48.2 Å². The molecule has 0 fully saturated rings. The summed E-state index contributed by atoms with van der Waals surface area (Å²) >= 11 is 6.23. The van der Waals surface area contributed by atoms with Gasteiger partial charge in [0.05, 0.1) is 10.6 Å². The Hall–Kier alpha value is -3.43. The molecule has 3 aromatic rings. The number of nitrogens with zero attached hydrogens (tertiary/aromatic N) is 2. The lowest BCUT2D eigenvalue weighted by atomic mass is 10.1. The molecule has 0 aliphatic rings. The lowest BCUT2D eigenvalue weighted by Crippen LogP contribution is -2.51. The maximum Gasteiger partial charge on any atom is 0.264 e. The number of rotatable bonds is 11. The van der Waals surface area contributed by atoms with Crippen LogP contribution >= 0.6 is 11.6 Å². The van der Waals surface area contributed by atoms with Gasteiger partial charge in [-0.1, -0.05) is 60.5 Å². The summed E-state index contributed by atoms with van der Waals surface area (Å²) in [4.78, 5) is 27.9. The first kappa shape index (κ1) is 30.1. The van der Waals surface area contributed by atoms with Gasteiger partial charge in [-0.15, -0.1) is 0 Å². The van der Waals surface area contributed by atoms with Crippen LogP contribution < -0.4 is 9.62 Å². The topological polar surface area (TPSA) is 86.8 Å². The van der Waals surface area contributed by atoms with E-state index in [0.29, 0.717) is 23.6 Å².